The molecule has 8 heteroatoms. The molecule has 1 aromatic rings. The van der Waals surface area contributed by atoms with Gasteiger partial charge in [0.15, 0.2) is 0 Å². The quantitative estimate of drug-likeness (QED) is 0.359. The summed E-state index contributed by atoms with van der Waals surface area (Å²) in [6.07, 6.45) is 0. The van der Waals surface area contributed by atoms with Crippen LogP contribution in [0.1, 0.15) is 0 Å². The maximum absolute atomic E-state index is 10.5. The Morgan fingerprint density at radius 1 is 1.00 bits per heavy atom. The molecule has 11 heavy (non-hydrogen) atoms. The summed E-state index contributed by atoms with van der Waals surface area (Å²) >= 11 is -1.25. The molecule has 0 radical (unpaired) electrons. The first-order chi connectivity index (χ1) is 5.04. The molecule has 0 amide bonds. The summed E-state index contributed by atoms with van der Waals surface area (Å²) in [5.41, 5.74) is -1.44. The fourth-order valence-electron chi connectivity index (χ4n) is 0.407. The number of rotatable bonds is 0. The van der Waals surface area contributed by atoms with Crippen molar-refractivity contribution in [2.75, 3.05) is 0 Å². The van der Waals surface area contributed by atoms with Crippen LogP contribution in [0.5, 0.6) is 0 Å². The summed E-state index contributed by atoms with van der Waals surface area (Å²) < 4.78 is -2.56. The fraction of sp³-hybridized carbons (Fsp3) is 0. The Bertz CT molecular complexity index is 401. The Labute approximate surface area is 64.0 Å². The van der Waals surface area contributed by atoms with Gasteiger partial charge in [-0.3, -0.25) is 0 Å². The van der Waals surface area contributed by atoms with Gasteiger partial charge in [-0.25, -0.2) is 0 Å². The van der Waals surface area contributed by atoms with Crippen LogP contribution >= 0.6 is 0 Å². The van der Waals surface area contributed by atoms with Crippen molar-refractivity contribution in [3.05, 3.63) is 28.9 Å². The summed E-state index contributed by atoms with van der Waals surface area (Å²) in [4.78, 5) is 31.4. The molecule has 0 fully saturated rings. The van der Waals surface area contributed by atoms with Gasteiger partial charge in [-0.15, -0.1) is 0 Å². The van der Waals surface area contributed by atoms with Crippen LogP contribution in [0.3, 0.4) is 0 Å². The SMILES string of the molecule is O=c1[se]c(=O)n(O)c(=O)n1O. The summed E-state index contributed by atoms with van der Waals surface area (Å²) in [7, 11) is 0. The molecule has 0 aliphatic rings. The first-order valence-corrected chi connectivity index (χ1v) is 4.03. The molecule has 0 atom stereocenters. The first-order valence-electron chi connectivity index (χ1n) is 2.32. The zero-order chi connectivity index (χ0) is 8.59. The number of hydrogen-bond donors (Lipinski definition) is 2. The van der Waals surface area contributed by atoms with E-state index in [2.05, 4.69) is 0 Å². The van der Waals surface area contributed by atoms with Crippen molar-refractivity contribution >= 4 is 14.5 Å². The zero-order valence-electron chi connectivity index (χ0n) is 4.92. The van der Waals surface area contributed by atoms with Gasteiger partial charge < -0.3 is 0 Å². The van der Waals surface area contributed by atoms with Crippen LogP contribution in [0.4, 0.5) is 0 Å². The van der Waals surface area contributed by atoms with Crippen molar-refractivity contribution < 1.29 is 10.4 Å². The van der Waals surface area contributed by atoms with E-state index in [1.807, 2.05) is 0 Å². The molecule has 0 aromatic carbocycles. The zero-order valence-corrected chi connectivity index (χ0v) is 6.63. The van der Waals surface area contributed by atoms with E-state index < -0.39 is 29.1 Å². The molecule has 0 spiro atoms. The van der Waals surface area contributed by atoms with Crippen LogP contribution in [0.25, 0.3) is 0 Å². The van der Waals surface area contributed by atoms with Crippen LogP contribution in [0, 0.1) is 0 Å². The van der Waals surface area contributed by atoms with E-state index in [9.17, 15) is 14.4 Å². The van der Waals surface area contributed by atoms with E-state index in [-0.39, 0.29) is 9.46 Å². The van der Waals surface area contributed by atoms with E-state index >= 15 is 0 Å². The Morgan fingerprint density at radius 2 is 1.36 bits per heavy atom. The molecule has 0 bridgehead atoms. The fourth-order valence-corrected chi connectivity index (χ4v) is 1.41. The number of aromatic nitrogens is 2. The van der Waals surface area contributed by atoms with E-state index in [0.717, 1.165) is 0 Å². The van der Waals surface area contributed by atoms with Crippen LogP contribution in [-0.2, 0) is 0 Å². The standard InChI is InChI=1S/C3H2N2O5Se/c6-1-4(9)2(7)11-3(8)5(1)10/h9-10H. The Balaban J connectivity index is 3.89. The minimum absolute atomic E-state index is 0.290. The number of hydrogen-bond acceptors (Lipinski definition) is 5. The third-order valence-electron chi connectivity index (χ3n) is 0.883. The average Bonchev–Trinajstić information content (AvgIpc) is 1.97. The molecule has 0 saturated carbocycles. The summed E-state index contributed by atoms with van der Waals surface area (Å²) in [5, 5.41) is 17.1. The monoisotopic (exact) mass is 226 g/mol. The Kier molecular flexibility index (Phi) is 1.71. The van der Waals surface area contributed by atoms with Crippen LogP contribution < -0.4 is 14.6 Å². The van der Waals surface area contributed by atoms with Crippen molar-refractivity contribution in [3.8, 4) is 0 Å². The third kappa shape index (κ3) is 1.13. The normalized spacial score (nSPS) is 9.82. The first kappa shape index (κ1) is 7.83. The van der Waals surface area contributed by atoms with Gasteiger partial charge in [-0.2, -0.15) is 0 Å². The van der Waals surface area contributed by atoms with Gasteiger partial charge in [-0.1, -0.05) is 0 Å². The molecule has 7 nitrogen and oxygen atoms in total. The molecule has 0 unspecified atom stereocenters. The molecular weight excluding hydrogens is 223 g/mol. The van der Waals surface area contributed by atoms with Gasteiger partial charge >= 0.3 is 63.3 Å². The second kappa shape index (κ2) is 2.40. The van der Waals surface area contributed by atoms with Crippen LogP contribution in [0.15, 0.2) is 14.4 Å². The molecule has 0 saturated heterocycles. The van der Waals surface area contributed by atoms with Gasteiger partial charge in [0.05, 0.1) is 0 Å². The van der Waals surface area contributed by atoms with Crippen LogP contribution in [0.2, 0.25) is 0 Å². The molecule has 0 aliphatic carbocycles. The maximum atomic E-state index is 10.5. The van der Waals surface area contributed by atoms with Gasteiger partial charge in [0.1, 0.15) is 0 Å². The minimum atomic E-state index is -1.44. The summed E-state index contributed by atoms with van der Waals surface area (Å²) in [6, 6.07) is 0. The van der Waals surface area contributed by atoms with E-state index in [0.29, 0.717) is 0 Å². The van der Waals surface area contributed by atoms with E-state index in [1.54, 1.807) is 0 Å². The third-order valence-corrected chi connectivity index (χ3v) is 2.34. The second-order valence-corrected chi connectivity index (χ2v) is 3.43. The molecule has 1 heterocycles. The molecule has 60 valence electrons. The van der Waals surface area contributed by atoms with Crippen molar-refractivity contribution in [2.45, 2.75) is 0 Å². The van der Waals surface area contributed by atoms with E-state index in [4.69, 9.17) is 10.4 Å². The summed E-state index contributed by atoms with van der Waals surface area (Å²) in [6.45, 7) is 0. The van der Waals surface area contributed by atoms with Gasteiger partial charge in [0, 0.05) is 0 Å². The predicted octanol–water partition coefficient (Wildman–Crippen LogP) is -3.10. The van der Waals surface area contributed by atoms with Gasteiger partial charge in [0.2, 0.25) is 0 Å². The average molecular weight is 225 g/mol. The molecule has 0 aliphatic heterocycles. The molecule has 2 N–H and O–H groups in total. The Hall–Kier alpha value is -1.27. The van der Waals surface area contributed by atoms with Crippen LogP contribution in [-0.4, -0.2) is 34.4 Å². The Morgan fingerprint density at radius 3 is 1.73 bits per heavy atom. The molecule has 1 rings (SSSR count). The van der Waals surface area contributed by atoms with Crippen molar-refractivity contribution in [1.82, 2.24) is 9.46 Å². The van der Waals surface area contributed by atoms with Crippen molar-refractivity contribution in [1.29, 1.82) is 0 Å². The van der Waals surface area contributed by atoms with E-state index in [1.165, 1.54) is 0 Å². The number of nitrogens with zero attached hydrogens (tertiary/aromatic N) is 2. The topological polar surface area (TPSA) is 102 Å². The predicted molar refractivity (Wildman–Crippen MR) is 32.5 cm³/mol. The molecule has 1 aromatic heterocycles. The molecular formula is C3H2N2O5Se. The van der Waals surface area contributed by atoms with Crippen molar-refractivity contribution in [2.24, 2.45) is 0 Å². The van der Waals surface area contributed by atoms with Gasteiger partial charge in [0.25, 0.3) is 0 Å². The van der Waals surface area contributed by atoms with Crippen molar-refractivity contribution in [3.63, 3.8) is 0 Å². The second-order valence-electron chi connectivity index (χ2n) is 1.54. The van der Waals surface area contributed by atoms with Gasteiger partial charge in [-0.05, 0) is 0 Å². The summed E-state index contributed by atoms with van der Waals surface area (Å²) in [5.74, 6) is 0.